The van der Waals surface area contributed by atoms with Crippen LogP contribution in [0.2, 0.25) is 0 Å². The molecule has 0 amide bonds. The largest absolute Gasteiger partial charge is 0.371 e. The van der Waals surface area contributed by atoms with Crippen LogP contribution in [0, 0.1) is 0 Å². The molecule has 1 heterocycles. The Bertz CT molecular complexity index is 297. The third kappa shape index (κ3) is 2.58. The van der Waals surface area contributed by atoms with Crippen molar-refractivity contribution in [1.29, 1.82) is 0 Å². The summed E-state index contributed by atoms with van der Waals surface area (Å²) in [7, 11) is 0. The maximum atomic E-state index is 5.80. The predicted octanol–water partition coefficient (Wildman–Crippen LogP) is 2.47. The molecule has 2 heteroatoms. The van der Waals surface area contributed by atoms with Crippen LogP contribution in [0.5, 0.6) is 0 Å². The smallest absolute Gasteiger partial charge is 0.0952 e. The van der Waals surface area contributed by atoms with Gasteiger partial charge in [-0.3, -0.25) is 4.90 Å². The molecule has 0 spiro atoms. The van der Waals surface area contributed by atoms with Gasteiger partial charge >= 0.3 is 0 Å². The van der Waals surface area contributed by atoms with Crippen molar-refractivity contribution < 1.29 is 4.74 Å². The minimum absolute atomic E-state index is 0.252. The van der Waals surface area contributed by atoms with E-state index in [9.17, 15) is 0 Å². The Morgan fingerprint density at radius 3 is 2.67 bits per heavy atom. The molecular weight excluding hydrogens is 186 g/mol. The van der Waals surface area contributed by atoms with Crippen molar-refractivity contribution in [2.45, 2.75) is 26.0 Å². The lowest BCUT2D eigenvalue weighted by atomic mass is 10.1. The predicted molar refractivity (Wildman–Crippen MR) is 61.8 cm³/mol. The van der Waals surface area contributed by atoms with Crippen LogP contribution < -0.4 is 0 Å². The van der Waals surface area contributed by atoms with Crippen molar-refractivity contribution in [2.24, 2.45) is 0 Å². The number of benzene rings is 1. The quantitative estimate of drug-likeness (QED) is 0.735. The first-order chi connectivity index (χ1) is 7.27. The molecule has 2 nitrogen and oxygen atoms in total. The van der Waals surface area contributed by atoms with Gasteiger partial charge in [0.05, 0.1) is 12.7 Å². The Morgan fingerprint density at radius 2 is 2.00 bits per heavy atom. The zero-order chi connectivity index (χ0) is 10.7. The molecule has 2 rings (SSSR count). The van der Waals surface area contributed by atoms with Gasteiger partial charge in [-0.05, 0) is 19.4 Å². The van der Waals surface area contributed by atoms with Crippen LogP contribution in [-0.2, 0) is 4.74 Å². The van der Waals surface area contributed by atoms with Gasteiger partial charge in [-0.25, -0.2) is 0 Å². The van der Waals surface area contributed by atoms with Gasteiger partial charge in [-0.2, -0.15) is 0 Å². The monoisotopic (exact) mass is 205 g/mol. The summed E-state index contributed by atoms with van der Waals surface area (Å²) >= 11 is 0. The molecule has 82 valence electrons. The van der Waals surface area contributed by atoms with E-state index in [4.69, 9.17) is 4.74 Å². The molecular formula is C13H19NO. The lowest BCUT2D eigenvalue weighted by Crippen LogP contribution is -2.42. The van der Waals surface area contributed by atoms with Crippen LogP contribution in [0.1, 0.15) is 25.5 Å². The first-order valence-electron chi connectivity index (χ1n) is 5.68. The second kappa shape index (κ2) is 4.77. The van der Waals surface area contributed by atoms with Gasteiger partial charge in [0.25, 0.3) is 0 Å². The molecule has 1 atom stereocenters. The zero-order valence-corrected chi connectivity index (χ0v) is 9.52. The summed E-state index contributed by atoms with van der Waals surface area (Å²) in [5, 5.41) is 0. The van der Waals surface area contributed by atoms with Crippen molar-refractivity contribution in [3.63, 3.8) is 0 Å². The molecule has 1 fully saturated rings. The highest BCUT2D eigenvalue weighted by atomic mass is 16.5. The van der Waals surface area contributed by atoms with Crippen LogP contribution in [0.4, 0.5) is 0 Å². The summed E-state index contributed by atoms with van der Waals surface area (Å²) in [6.45, 7) is 7.40. The maximum Gasteiger partial charge on any atom is 0.0952 e. The number of rotatable bonds is 2. The van der Waals surface area contributed by atoms with Gasteiger partial charge in [0, 0.05) is 19.1 Å². The molecule has 0 saturated carbocycles. The summed E-state index contributed by atoms with van der Waals surface area (Å²) in [6, 6.07) is 11.1. The second-order valence-corrected chi connectivity index (χ2v) is 4.36. The molecule has 0 unspecified atom stereocenters. The number of hydrogen-bond acceptors (Lipinski definition) is 2. The van der Waals surface area contributed by atoms with Gasteiger partial charge in [0.1, 0.15) is 0 Å². The molecule has 1 aliphatic rings. The van der Waals surface area contributed by atoms with E-state index < -0.39 is 0 Å². The summed E-state index contributed by atoms with van der Waals surface area (Å²) in [6.07, 6.45) is 0.252. The van der Waals surface area contributed by atoms with Crippen molar-refractivity contribution in [2.75, 3.05) is 19.7 Å². The number of morpholine rings is 1. The Kier molecular flexibility index (Phi) is 3.39. The highest BCUT2D eigenvalue weighted by Crippen LogP contribution is 2.22. The fraction of sp³-hybridized carbons (Fsp3) is 0.538. The van der Waals surface area contributed by atoms with E-state index in [1.165, 1.54) is 5.56 Å². The first-order valence-corrected chi connectivity index (χ1v) is 5.68. The van der Waals surface area contributed by atoms with E-state index in [-0.39, 0.29) is 6.10 Å². The third-order valence-electron chi connectivity index (χ3n) is 3.00. The Labute approximate surface area is 91.9 Å². The fourth-order valence-electron chi connectivity index (χ4n) is 2.01. The summed E-state index contributed by atoms with van der Waals surface area (Å²) in [5.74, 6) is 0. The van der Waals surface area contributed by atoms with Gasteiger partial charge in [0.2, 0.25) is 0 Å². The zero-order valence-electron chi connectivity index (χ0n) is 9.52. The Morgan fingerprint density at radius 1 is 1.27 bits per heavy atom. The average Bonchev–Trinajstić information content (AvgIpc) is 2.30. The topological polar surface area (TPSA) is 12.5 Å². The van der Waals surface area contributed by atoms with E-state index in [1.807, 2.05) is 6.07 Å². The fourth-order valence-corrected chi connectivity index (χ4v) is 2.01. The highest BCUT2D eigenvalue weighted by molar-refractivity contribution is 5.18. The van der Waals surface area contributed by atoms with Crippen molar-refractivity contribution >= 4 is 0 Å². The number of hydrogen-bond donors (Lipinski definition) is 0. The summed E-state index contributed by atoms with van der Waals surface area (Å²) in [5.41, 5.74) is 1.29. The van der Waals surface area contributed by atoms with Crippen LogP contribution >= 0.6 is 0 Å². The lowest BCUT2D eigenvalue weighted by molar-refractivity contribution is -0.0401. The van der Waals surface area contributed by atoms with Gasteiger partial charge in [-0.1, -0.05) is 30.3 Å². The molecule has 0 bridgehead atoms. The molecule has 1 aliphatic heterocycles. The van der Waals surface area contributed by atoms with E-state index >= 15 is 0 Å². The van der Waals surface area contributed by atoms with E-state index in [1.54, 1.807) is 0 Å². The van der Waals surface area contributed by atoms with Crippen LogP contribution in [-0.4, -0.2) is 30.6 Å². The highest BCUT2D eigenvalue weighted by Gasteiger charge is 2.22. The molecule has 0 N–H and O–H groups in total. The Balaban J connectivity index is 2.05. The molecule has 15 heavy (non-hydrogen) atoms. The lowest BCUT2D eigenvalue weighted by Gasteiger charge is -2.35. The number of ether oxygens (including phenoxy) is 1. The normalized spacial score (nSPS) is 23.3. The van der Waals surface area contributed by atoms with Crippen LogP contribution in [0.25, 0.3) is 0 Å². The van der Waals surface area contributed by atoms with Gasteiger partial charge < -0.3 is 4.74 Å². The van der Waals surface area contributed by atoms with Crippen molar-refractivity contribution in [3.8, 4) is 0 Å². The SMILES string of the molecule is CC(C)N1CCO[C@@H](c2ccccc2)C1. The molecule has 1 saturated heterocycles. The second-order valence-electron chi connectivity index (χ2n) is 4.36. The van der Waals surface area contributed by atoms with E-state index in [2.05, 4.69) is 43.0 Å². The molecule has 0 radical (unpaired) electrons. The summed E-state index contributed by atoms with van der Waals surface area (Å²) < 4.78 is 5.80. The number of nitrogens with zero attached hydrogens (tertiary/aromatic N) is 1. The standard InChI is InChI=1S/C13H19NO/c1-11(2)14-8-9-15-13(10-14)12-6-4-3-5-7-12/h3-7,11,13H,8-10H2,1-2H3/t13-/m1/s1. The molecule has 1 aromatic rings. The van der Waals surface area contributed by atoms with Crippen molar-refractivity contribution in [3.05, 3.63) is 35.9 Å². The maximum absolute atomic E-state index is 5.80. The Hall–Kier alpha value is -0.860. The first kappa shape index (κ1) is 10.7. The van der Waals surface area contributed by atoms with Gasteiger partial charge in [-0.15, -0.1) is 0 Å². The molecule has 0 aliphatic carbocycles. The molecule has 1 aromatic carbocycles. The average molecular weight is 205 g/mol. The van der Waals surface area contributed by atoms with Crippen LogP contribution in [0.15, 0.2) is 30.3 Å². The minimum Gasteiger partial charge on any atom is -0.371 e. The third-order valence-corrected chi connectivity index (χ3v) is 3.00. The van der Waals surface area contributed by atoms with E-state index in [0.717, 1.165) is 19.7 Å². The van der Waals surface area contributed by atoms with Crippen molar-refractivity contribution in [1.82, 2.24) is 4.90 Å². The summed E-state index contributed by atoms with van der Waals surface area (Å²) in [4.78, 5) is 2.47. The van der Waals surface area contributed by atoms with Crippen LogP contribution in [0.3, 0.4) is 0 Å². The minimum atomic E-state index is 0.252. The van der Waals surface area contributed by atoms with Gasteiger partial charge in [0.15, 0.2) is 0 Å². The van der Waals surface area contributed by atoms with E-state index in [0.29, 0.717) is 6.04 Å². The molecule has 0 aromatic heterocycles.